The average molecular weight is 240 g/mol. The first-order chi connectivity index (χ1) is 7.88. The zero-order chi connectivity index (χ0) is 11.6. The van der Waals surface area contributed by atoms with Crippen LogP contribution >= 0.6 is 0 Å². The zero-order valence-electron chi connectivity index (χ0n) is 9.34. The standard InChI is InChI=1S/C12H10.C4H6.H4Si/c1-3-7-11(8-4-1)12-9-5-2-6-10-12;1-3-4-2;/h1-10H;3-4H,1-2H2;1H4. The molecule has 0 N–H and O–H groups in total. The van der Waals surface area contributed by atoms with Crippen LogP contribution in [0.15, 0.2) is 86.0 Å². The maximum atomic E-state index is 3.36. The highest BCUT2D eigenvalue weighted by atomic mass is 28.1. The summed E-state index contributed by atoms with van der Waals surface area (Å²) in [5.41, 5.74) is 2.55. The summed E-state index contributed by atoms with van der Waals surface area (Å²) in [6.07, 6.45) is 3.28. The molecule has 0 bridgehead atoms. The number of rotatable bonds is 2. The maximum absolute atomic E-state index is 3.36. The predicted molar refractivity (Wildman–Crippen MR) is 83.6 cm³/mol. The van der Waals surface area contributed by atoms with Crippen molar-refractivity contribution in [1.82, 2.24) is 0 Å². The third-order valence-corrected chi connectivity index (χ3v) is 2.05. The van der Waals surface area contributed by atoms with E-state index in [2.05, 4.69) is 61.7 Å². The van der Waals surface area contributed by atoms with Crippen molar-refractivity contribution >= 4 is 11.0 Å². The van der Waals surface area contributed by atoms with Gasteiger partial charge in [0.2, 0.25) is 0 Å². The van der Waals surface area contributed by atoms with Crippen molar-refractivity contribution in [1.29, 1.82) is 0 Å². The number of hydrogen-bond acceptors (Lipinski definition) is 0. The van der Waals surface area contributed by atoms with Gasteiger partial charge in [0.05, 0.1) is 0 Å². The van der Waals surface area contributed by atoms with Gasteiger partial charge in [0.1, 0.15) is 0 Å². The highest BCUT2D eigenvalue weighted by Crippen LogP contribution is 2.17. The van der Waals surface area contributed by atoms with E-state index in [1.807, 2.05) is 12.1 Å². The number of allylic oxidation sites excluding steroid dienone is 2. The van der Waals surface area contributed by atoms with Crippen molar-refractivity contribution in [2.24, 2.45) is 0 Å². The van der Waals surface area contributed by atoms with Crippen LogP contribution in [0.1, 0.15) is 0 Å². The van der Waals surface area contributed by atoms with Crippen LogP contribution in [0.25, 0.3) is 11.1 Å². The summed E-state index contributed by atoms with van der Waals surface area (Å²) < 4.78 is 0. The van der Waals surface area contributed by atoms with E-state index in [-0.39, 0.29) is 11.0 Å². The van der Waals surface area contributed by atoms with Crippen molar-refractivity contribution in [3.05, 3.63) is 86.0 Å². The molecule has 17 heavy (non-hydrogen) atoms. The SMILES string of the molecule is C=CC=C.[SiH4].c1ccc(-c2ccccc2)cc1. The summed E-state index contributed by atoms with van der Waals surface area (Å²) in [6, 6.07) is 20.8. The lowest BCUT2D eigenvalue weighted by Crippen LogP contribution is -1.73. The summed E-state index contributed by atoms with van der Waals surface area (Å²) in [5, 5.41) is 0. The second-order valence-corrected chi connectivity index (χ2v) is 3.20. The quantitative estimate of drug-likeness (QED) is 0.558. The molecule has 0 spiro atoms. The van der Waals surface area contributed by atoms with E-state index in [1.54, 1.807) is 12.2 Å². The van der Waals surface area contributed by atoms with Gasteiger partial charge in [-0.3, -0.25) is 0 Å². The molecule has 0 aliphatic carbocycles. The van der Waals surface area contributed by atoms with Crippen LogP contribution in [0.5, 0.6) is 0 Å². The Hall–Kier alpha value is -1.86. The number of benzene rings is 2. The summed E-state index contributed by atoms with van der Waals surface area (Å²) in [6.45, 7) is 6.72. The van der Waals surface area contributed by atoms with Gasteiger partial charge in [-0.1, -0.05) is 86.0 Å². The molecule has 0 fully saturated rings. The molecule has 0 saturated carbocycles. The van der Waals surface area contributed by atoms with Crippen molar-refractivity contribution in [3.63, 3.8) is 0 Å². The van der Waals surface area contributed by atoms with Crippen molar-refractivity contribution in [3.8, 4) is 11.1 Å². The van der Waals surface area contributed by atoms with Crippen LogP contribution in [0.4, 0.5) is 0 Å². The molecule has 0 aromatic heterocycles. The molecule has 2 aromatic carbocycles. The van der Waals surface area contributed by atoms with Gasteiger partial charge in [-0.2, -0.15) is 0 Å². The van der Waals surface area contributed by atoms with Crippen LogP contribution in [0.2, 0.25) is 0 Å². The minimum atomic E-state index is 0. The fourth-order valence-corrected chi connectivity index (χ4v) is 1.26. The van der Waals surface area contributed by atoms with Crippen LogP contribution < -0.4 is 0 Å². The predicted octanol–water partition coefficient (Wildman–Crippen LogP) is 3.26. The van der Waals surface area contributed by atoms with Crippen LogP contribution in [0, 0.1) is 0 Å². The van der Waals surface area contributed by atoms with Gasteiger partial charge in [0.15, 0.2) is 0 Å². The Morgan fingerprint density at radius 2 is 0.882 bits per heavy atom. The van der Waals surface area contributed by atoms with Gasteiger partial charge in [0.25, 0.3) is 0 Å². The van der Waals surface area contributed by atoms with Gasteiger partial charge in [0, 0.05) is 0 Å². The Labute approximate surface area is 108 Å². The molecule has 0 aliphatic heterocycles. The topological polar surface area (TPSA) is 0 Å². The first-order valence-corrected chi connectivity index (χ1v) is 5.22. The van der Waals surface area contributed by atoms with Gasteiger partial charge >= 0.3 is 0 Å². The fourth-order valence-electron chi connectivity index (χ4n) is 1.26. The van der Waals surface area contributed by atoms with E-state index in [0.29, 0.717) is 0 Å². The molecule has 0 unspecified atom stereocenters. The van der Waals surface area contributed by atoms with Crippen LogP contribution in [0.3, 0.4) is 0 Å². The van der Waals surface area contributed by atoms with Crippen molar-refractivity contribution in [2.75, 3.05) is 0 Å². The minimum absolute atomic E-state index is 0. The third-order valence-electron chi connectivity index (χ3n) is 2.05. The molecule has 2 rings (SSSR count). The van der Waals surface area contributed by atoms with E-state index in [4.69, 9.17) is 0 Å². The third kappa shape index (κ3) is 5.69. The molecule has 0 amide bonds. The molecule has 0 aliphatic rings. The normalized spacial score (nSPS) is 8.00. The molecule has 1 heteroatoms. The van der Waals surface area contributed by atoms with Gasteiger partial charge in [-0.15, -0.1) is 0 Å². The first-order valence-electron chi connectivity index (χ1n) is 5.22. The molecule has 88 valence electrons. The Bertz CT molecular complexity index is 374. The summed E-state index contributed by atoms with van der Waals surface area (Å²) >= 11 is 0. The minimum Gasteiger partial charge on any atom is -0.0991 e. The largest absolute Gasteiger partial charge is 0.0991 e. The average Bonchev–Trinajstić information content (AvgIpc) is 2.41. The van der Waals surface area contributed by atoms with Crippen molar-refractivity contribution < 1.29 is 0 Å². The summed E-state index contributed by atoms with van der Waals surface area (Å²) in [7, 11) is 0. The molecule has 0 saturated heterocycles. The Kier molecular flexibility index (Phi) is 8.34. The first kappa shape index (κ1) is 15.1. The number of hydrogen-bond donors (Lipinski definition) is 0. The highest BCUT2D eigenvalue weighted by molar-refractivity contribution is 5.75. The summed E-state index contributed by atoms with van der Waals surface area (Å²) in [4.78, 5) is 0. The molecule has 0 nitrogen and oxygen atoms in total. The fraction of sp³-hybridized carbons (Fsp3) is 0. The van der Waals surface area contributed by atoms with E-state index < -0.39 is 0 Å². The van der Waals surface area contributed by atoms with E-state index in [0.717, 1.165) is 0 Å². The Morgan fingerprint density at radius 3 is 1.12 bits per heavy atom. The van der Waals surface area contributed by atoms with Crippen LogP contribution in [-0.2, 0) is 0 Å². The van der Waals surface area contributed by atoms with E-state index in [1.165, 1.54) is 11.1 Å². The molecule has 0 heterocycles. The molecule has 0 radical (unpaired) electrons. The van der Waals surface area contributed by atoms with Crippen LogP contribution in [-0.4, -0.2) is 11.0 Å². The molecular weight excluding hydrogens is 220 g/mol. The lowest BCUT2D eigenvalue weighted by Gasteiger charge is -1.98. The maximum Gasteiger partial charge on any atom is -0.0149 e. The molecular formula is C16H20Si. The van der Waals surface area contributed by atoms with E-state index in [9.17, 15) is 0 Å². The Morgan fingerprint density at radius 1 is 0.588 bits per heavy atom. The summed E-state index contributed by atoms with van der Waals surface area (Å²) in [5.74, 6) is 0. The lowest BCUT2D eigenvalue weighted by atomic mass is 10.1. The highest BCUT2D eigenvalue weighted by Gasteiger charge is 1.91. The van der Waals surface area contributed by atoms with E-state index >= 15 is 0 Å². The van der Waals surface area contributed by atoms with Gasteiger partial charge in [-0.05, 0) is 22.1 Å². The van der Waals surface area contributed by atoms with Gasteiger partial charge < -0.3 is 0 Å². The second-order valence-electron chi connectivity index (χ2n) is 3.20. The monoisotopic (exact) mass is 240 g/mol. The lowest BCUT2D eigenvalue weighted by molar-refractivity contribution is 1.62. The second kappa shape index (κ2) is 9.37. The molecule has 2 aromatic rings. The molecule has 0 atom stereocenters. The van der Waals surface area contributed by atoms with Crippen molar-refractivity contribution in [2.45, 2.75) is 0 Å². The smallest absolute Gasteiger partial charge is 0.0149 e. The Balaban J connectivity index is 0.000000453. The van der Waals surface area contributed by atoms with Gasteiger partial charge in [-0.25, -0.2) is 0 Å². The zero-order valence-corrected chi connectivity index (χ0v) is 9.34.